The number of aromatic nitrogens is 2. The van der Waals surface area contributed by atoms with Gasteiger partial charge >= 0.3 is 0 Å². The minimum Gasteiger partial charge on any atom is -0.383 e. The predicted octanol–water partition coefficient (Wildman–Crippen LogP) is 2.09. The number of hydrogen-bond donors (Lipinski definition) is 2. The summed E-state index contributed by atoms with van der Waals surface area (Å²) in [5, 5.41) is 2.83. The summed E-state index contributed by atoms with van der Waals surface area (Å²) in [6, 6.07) is 7.75. The Morgan fingerprint density at radius 3 is 2.62 bits per heavy atom. The molecule has 0 bridgehead atoms. The fourth-order valence-corrected chi connectivity index (χ4v) is 2.53. The Hall–Kier alpha value is -1.34. The third-order valence-corrected chi connectivity index (χ3v) is 3.52. The van der Waals surface area contributed by atoms with E-state index in [9.17, 15) is 4.79 Å². The van der Waals surface area contributed by atoms with Crippen LogP contribution in [0.1, 0.15) is 25.7 Å². The minimum absolute atomic E-state index is 0. The highest BCUT2D eigenvalue weighted by Gasteiger charge is 2.15. The molecule has 1 unspecified atom stereocenters. The Morgan fingerprint density at radius 1 is 1.33 bits per heavy atom. The number of fused-ring (bicyclic) bond motifs is 1. The quantitative estimate of drug-likeness (QED) is 0.774. The molecule has 2 rings (SSSR count). The first kappa shape index (κ1) is 22.7. The lowest BCUT2D eigenvalue weighted by atomic mass is 10.2. The second-order valence-electron chi connectivity index (χ2n) is 5.58. The van der Waals surface area contributed by atoms with Crippen molar-refractivity contribution in [3.05, 3.63) is 30.1 Å². The van der Waals surface area contributed by atoms with Gasteiger partial charge in [0.25, 0.3) is 0 Å². The third kappa shape index (κ3) is 5.34. The molecule has 0 radical (unpaired) electrons. The smallest absolute Gasteiger partial charge is 0.239 e. The largest absolute Gasteiger partial charge is 0.383 e. The Labute approximate surface area is 155 Å². The van der Waals surface area contributed by atoms with E-state index in [-0.39, 0.29) is 37.3 Å². The number of nitrogens with zero attached hydrogens (tertiary/aromatic N) is 2. The van der Waals surface area contributed by atoms with Crippen molar-refractivity contribution in [1.82, 2.24) is 14.9 Å². The second kappa shape index (κ2) is 10.5. The van der Waals surface area contributed by atoms with E-state index in [4.69, 9.17) is 10.5 Å². The Balaban J connectivity index is 0.00000264. The number of carbonyl (C=O) groups is 1. The molecule has 0 saturated heterocycles. The first-order valence-corrected chi connectivity index (χ1v) is 7.52. The lowest BCUT2D eigenvalue weighted by molar-refractivity contribution is -0.123. The molecule has 0 aliphatic heterocycles. The molecule has 2 aromatic rings. The van der Waals surface area contributed by atoms with Crippen LogP contribution in [0.5, 0.6) is 0 Å². The molecule has 1 amide bonds. The SMILES string of the molecule is COCC(N)C(=O)NCCc1nc2ccccc2n1C(C)C.Cl.Cl. The van der Waals surface area contributed by atoms with Crippen molar-refractivity contribution < 1.29 is 9.53 Å². The highest BCUT2D eigenvalue weighted by molar-refractivity contribution is 5.85. The summed E-state index contributed by atoms with van der Waals surface area (Å²) < 4.78 is 7.08. The number of benzene rings is 1. The summed E-state index contributed by atoms with van der Waals surface area (Å²) in [5.41, 5.74) is 7.79. The van der Waals surface area contributed by atoms with Crippen LogP contribution < -0.4 is 11.1 Å². The van der Waals surface area contributed by atoms with Crippen LogP contribution in [-0.4, -0.2) is 41.8 Å². The van der Waals surface area contributed by atoms with E-state index in [0.717, 1.165) is 16.9 Å². The monoisotopic (exact) mass is 376 g/mol. The van der Waals surface area contributed by atoms with Crippen LogP contribution in [0.4, 0.5) is 0 Å². The summed E-state index contributed by atoms with van der Waals surface area (Å²) >= 11 is 0. The molecule has 0 saturated carbocycles. The zero-order valence-corrected chi connectivity index (χ0v) is 15.8. The van der Waals surface area contributed by atoms with Crippen molar-refractivity contribution >= 4 is 41.8 Å². The molecule has 0 aliphatic carbocycles. The number of amides is 1. The standard InChI is InChI=1S/C16H24N4O2.2ClH/c1-11(2)20-14-7-5-4-6-13(14)19-15(20)8-9-18-16(21)12(17)10-22-3;;/h4-7,11-12H,8-10,17H2,1-3H3,(H,18,21);2*1H. The Bertz CT molecular complexity index is 646. The summed E-state index contributed by atoms with van der Waals surface area (Å²) in [6.45, 7) is 4.98. The number of nitrogens with one attached hydrogen (secondary N) is 1. The Kier molecular flexibility index (Phi) is 9.92. The molecule has 8 heteroatoms. The summed E-state index contributed by atoms with van der Waals surface area (Å²) in [7, 11) is 1.53. The maximum Gasteiger partial charge on any atom is 0.239 e. The number of halogens is 2. The topological polar surface area (TPSA) is 82.2 Å². The zero-order chi connectivity index (χ0) is 16.1. The van der Waals surface area contributed by atoms with Crippen LogP contribution in [0.15, 0.2) is 24.3 Å². The van der Waals surface area contributed by atoms with Gasteiger partial charge in [0.2, 0.25) is 5.91 Å². The van der Waals surface area contributed by atoms with Gasteiger partial charge in [0.05, 0.1) is 17.6 Å². The van der Waals surface area contributed by atoms with E-state index in [2.05, 4.69) is 34.8 Å². The van der Waals surface area contributed by atoms with Gasteiger partial charge in [0, 0.05) is 26.1 Å². The average Bonchev–Trinajstić information content (AvgIpc) is 2.85. The number of imidazole rings is 1. The predicted molar refractivity (Wildman–Crippen MR) is 101 cm³/mol. The van der Waals surface area contributed by atoms with E-state index >= 15 is 0 Å². The van der Waals surface area contributed by atoms with Crippen molar-refractivity contribution in [2.75, 3.05) is 20.3 Å². The normalized spacial score (nSPS) is 11.7. The number of nitrogens with two attached hydrogens (primary N) is 1. The van der Waals surface area contributed by atoms with Crippen LogP contribution in [0.25, 0.3) is 11.0 Å². The van der Waals surface area contributed by atoms with Gasteiger partial charge in [-0.25, -0.2) is 4.98 Å². The minimum atomic E-state index is -0.631. The second-order valence-corrected chi connectivity index (χ2v) is 5.58. The first-order valence-electron chi connectivity index (χ1n) is 7.52. The van der Waals surface area contributed by atoms with Gasteiger partial charge in [-0.3, -0.25) is 4.79 Å². The third-order valence-electron chi connectivity index (χ3n) is 3.52. The molecule has 1 aromatic heterocycles. The van der Waals surface area contributed by atoms with Gasteiger partial charge in [-0.2, -0.15) is 0 Å². The summed E-state index contributed by atoms with van der Waals surface area (Å²) in [5.74, 6) is 0.769. The maximum absolute atomic E-state index is 11.8. The molecule has 24 heavy (non-hydrogen) atoms. The molecule has 1 heterocycles. The van der Waals surface area contributed by atoms with Gasteiger partial charge in [-0.1, -0.05) is 12.1 Å². The number of hydrogen-bond acceptors (Lipinski definition) is 4. The molecule has 1 aromatic carbocycles. The number of ether oxygens (including phenoxy) is 1. The lowest BCUT2D eigenvalue weighted by Crippen LogP contribution is -2.44. The molecule has 3 N–H and O–H groups in total. The molecule has 6 nitrogen and oxygen atoms in total. The molecule has 0 spiro atoms. The maximum atomic E-state index is 11.8. The molecule has 1 atom stereocenters. The van der Waals surface area contributed by atoms with Crippen molar-refractivity contribution in [3.8, 4) is 0 Å². The van der Waals surface area contributed by atoms with Crippen LogP contribution in [-0.2, 0) is 16.0 Å². The van der Waals surface area contributed by atoms with Crippen molar-refractivity contribution in [2.24, 2.45) is 5.73 Å². The van der Waals surface area contributed by atoms with E-state index in [1.807, 2.05) is 18.2 Å². The van der Waals surface area contributed by atoms with E-state index in [1.165, 1.54) is 7.11 Å². The van der Waals surface area contributed by atoms with Gasteiger partial charge in [0.15, 0.2) is 0 Å². The van der Waals surface area contributed by atoms with Gasteiger partial charge in [0.1, 0.15) is 11.9 Å². The molecular weight excluding hydrogens is 351 g/mol. The molecular formula is C16H26Cl2N4O2. The fraction of sp³-hybridized carbons (Fsp3) is 0.500. The van der Waals surface area contributed by atoms with Crippen molar-refractivity contribution in [1.29, 1.82) is 0 Å². The summed E-state index contributed by atoms with van der Waals surface area (Å²) in [6.07, 6.45) is 0.665. The van der Waals surface area contributed by atoms with Gasteiger partial charge in [-0.05, 0) is 26.0 Å². The number of para-hydroxylation sites is 2. The summed E-state index contributed by atoms with van der Waals surface area (Å²) in [4.78, 5) is 16.4. The Morgan fingerprint density at radius 2 is 2.00 bits per heavy atom. The van der Waals surface area contributed by atoms with Gasteiger partial charge < -0.3 is 20.4 Å². The first-order chi connectivity index (χ1) is 10.5. The molecule has 0 fully saturated rings. The van der Waals surface area contributed by atoms with Crippen LogP contribution >= 0.6 is 24.8 Å². The highest BCUT2D eigenvalue weighted by atomic mass is 35.5. The van der Waals surface area contributed by atoms with E-state index in [1.54, 1.807) is 0 Å². The van der Waals surface area contributed by atoms with Crippen molar-refractivity contribution in [3.63, 3.8) is 0 Å². The number of rotatable bonds is 7. The van der Waals surface area contributed by atoms with E-state index < -0.39 is 6.04 Å². The zero-order valence-electron chi connectivity index (χ0n) is 14.2. The number of carbonyl (C=O) groups excluding carboxylic acids is 1. The van der Waals surface area contributed by atoms with Crippen LogP contribution in [0, 0.1) is 0 Å². The van der Waals surface area contributed by atoms with Crippen LogP contribution in [0.3, 0.4) is 0 Å². The molecule has 136 valence electrons. The highest BCUT2D eigenvalue weighted by Crippen LogP contribution is 2.20. The average molecular weight is 377 g/mol. The fourth-order valence-electron chi connectivity index (χ4n) is 2.53. The van der Waals surface area contributed by atoms with Crippen molar-refractivity contribution in [2.45, 2.75) is 32.4 Å². The number of methoxy groups -OCH3 is 1. The lowest BCUT2D eigenvalue weighted by Gasteiger charge is -2.14. The molecule has 0 aliphatic rings. The van der Waals surface area contributed by atoms with E-state index in [0.29, 0.717) is 19.0 Å². The van der Waals surface area contributed by atoms with Gasteiger partial charge in [-0.15, -0.1) is 24.8 Å². The van der Waals surface area contributed by atoms with Crippen LogP contribution in [0.2, 0.25) is 0 Å².